The predicted octanol–water partition coefficient (Wildman–Crippen LogP) is 1.96. The number of carboxylic acid groups (broad SMARTS) is 1. The van der Waals surface area contributed by atoms with Crippen molar-refractivity contribution < 1.29 is 19.4 Å². The van der Waals surface area contributed by atoms with Crippen molar-refractivity contribution in [2.45, 2.75) is 12.5 Å². The fraction of sp³-hybridized carbons (Fsp3) is 0.429. The molecule has 0 unspecified atom stereocenters. The van der Waals surface area contributed by atoms with Crippen molar-refractivity contribution in [2.75, 3.05) is 20.3 Å². The number of ether oxygens (including phenoxy) is 1. The van der Waals surface area contributed by atoms with Crippen molar-refractivity contribution in [3.05, 3.63) is 34.9 Å². The number of aliphatic carboxylic acids is 1. The molecule has 1 aliphatic heterocycles. The van der Waals surface area contributed by atoms with E-state index < -0.39 is 17.9 Å². The summed E-state index contributed by atoms with van der Waals surface area (Å²) in [5.74, 6) is -1.89. The average Bonchev–Trinajstić information content (AvgIpc) is 2.73. The first-order chi connectivity index (χ1) is 9.54. The quantitative estimate of drug-likeness (QED) is 0.902. The predicted molar refractivity (Wildman–Crippen MR) is 73.5 cm³/mol. The van der Waals surface area contributed by atoms with Gasteiger partial charge in [0, 0.05) is 25.1 Å². The van der Waals surface area contributed by atoms with Gasteiger partial charge in [-0.15, -0.1) is 0 Å². The molecule has 1 N–H and O–H groups in total. The minimum atomic E-state index is -0.969. The number of benzene rings is 1. The molecule has 1 aliphatic rings. The standard InChI is InChI=1S/C14H16ClNO4/c1-20-6-5-16-12(17)8-11(14(18)19)13(16)9-3-2-4-10(15)7-9/h2-4,7,11,13H,5-6,8H2,1H3,(H,18,19)/t11-,13+/m0/s1. The number of rotatable bonds is 5. The van der Waals surface area contributed by atoms with E-state index >= 15 is 0 Å². The van der Waals surface area contributed by atoms with Crippen molar-refractivity contribution in [1.29, 1.82) is 0 Å². The first-order valence-corrected chi connectivity index (χ1v) is 6.69. The summed E-state index contributed by atoms with van der Waals surface area (Å²) in [4.78, 5) is 25.0. The third kappa shape index (κ3) is 2.94. The van der Waals surface area contributed by atoms with Gasteiger partial charge in [0.05, 0.1) is 18.6 Å². The molecule has 0 radical (unpaired) electrons. The van der Waals surface area contributed by atoms with Crippen LogP contribution in [0.3, 0.4) is 0 Å². The van der Waals surface area contributed by atoms with Crippen molar-refractivity contribution in [3.8, 4) is 0 Å². The molecular formula is C14H16ClNO4. The molecule has 5 nitrogen and oxygen atoms in total. The summed E-state index contributed by atoms with van der Waals surface area (Å²) in [6.07, 6.45) is 0.0101. The monoisotopic (exact) mass is 297 g/mol. The van der Waals surface area contributed by atoms with Gasteiger partial charge in [0.1, 0.15) is 0 Å². The van der Waals surface area contributed by atoms with Crippen LogP contribution in [-0.2, 0) is 14.3 Å². The van der Waals surface area contributed by atoms with Gasteiger partial charge < -0.3 is 14.7 Å². The summed E-state index contributed by atoms with van der Waals surface area (Å²) in [7, 11) is 1.55. The van der Waals surface area contributed by atoms with E-state index in [4.69, 9.17) is 16.3 Å². The molecule has 1 amide bonds. The molecule has 0 aliphatic carbocycles. The van der Waals surface area contributed by atoms with Crippen LogP contribution in [0.15, 0.2) is 24.3 Å². The molecule has 0 saturated carbocycles. The number of carbonyl (C=O) groups is 2. The second-order valence-electron chi connectivity index (χ2n) is 4.73. The third-order valence-corrected chi connectivity index (χ3v) is 3.71. The van der Waals surface area contributed by atoms with E-state index in [1.54, 1.807) is 36.3 Å². The summed E-state index contributed by atoms with van der Waals surface area (Å²) in [5.41, 5.74) is 0.742. The van der Waals surface area contributed by atoms with Gasteiger partial charge in [0.15, 0.2) is 0 Å². The summed E-state index contributed by atoms with van der Waals surface area (Å²) >= 11 is 5.96. The third-order valence-electron chi connectivity index (χ3n) is 3.48. The number of methoxy groups -OCH3 is 1. The van der Waals surface area contributed by atoms with Crippen molar-refractivity contribution >= 4 is 23.5 Å². The molecule has 1 aromatic rings. The van der Waals surface area contributed by atoms with Gasteiger partial charge in [-0.05, 0) is 17.7 Å². The van der Waals surface area contributed by atoms with Crippen LogP contribution in [-0.4, -0.2) is 42.1 Å². The molecular weight excluding hydrogens is 282 g/mol. The zero-order chi connectivity index (χ0) is 14.7. The lowest BCUT2D eigenvalue weighted by Crippen LogP contribution is -2.33. The van der Waals surface area contributed by atoms with Gasteiger partial charge in [-0.1, -0.05) is 23.7 Å². The topological polar surface area (TPSA) is 66.8 Å². The van der Waals surface area contributed by atoms with Gasteiger partial charge >= 0.3 is 5.97 Å². The SMILES string of the molecule is COCCN1C(=O)C[C@H](C(=O)O)[C@H]1c1cccc(Cl)c1. The Balaban J connectivity index is 2.35. The minimum Gasteiger partial charge on any atom is -0.481 e. The van der Waals surface area contributed by atoms with E-state index in [2.05, 4.69) is 0 Å². The van der Waals surface area contributed by atoms with E-state index in [1.165, 1.54) is 0 Å². The number of carbonyl (C=O) groups excluding carboxylic acids is 1. The van der Waals surface area contributed by atoms with Crippen LogP contribution in [0.1, 0.15) is 18.0 Å². The van der Waals surface area contributed by atoms with E-state index in [0.29, 0.717) is 18.2 Å². The zero-order valence-electron chi connectivity index (χ0n) is 11.1. The minimum absolute atomic E-state index is 0.0101. The Labute approximate surface area is 122 Å². The lowest BCUT2D eigenvalue weighted by atomic mass is 9.94. The Morgan fingerprint density at radius 2 is 2.30 bits per heavy atom. The molecule has 0 bridgehead atoms. The van der Waals surface area contributed by atoms with Crippen LogP contribution in [0.4, 0.5) is 0 Å². The Hall–Kier alpha value is -1.59. The number of halogens is 1. The van der Waals surface area contributed by atoms with Crippen LogP contribution in [0.25, 0.3) is 0 Å². The van der Waals surface area contributed by atoms with Crippen LogP contribution in [0, 0.1) is 5.92 Å². The summed E-state index contributed by atoms with van der Waals surface area (Å²) in [5, 5.41) is 9.86. The van der Waals surface area contributed by atoms with Crippen LogP contribution in [0.5, 0.6) is 0 Å². The van der Waals surface area contributed by atoms with Gasteiger partial charge in [-0.25, -0.2) is 0 Å². The molecule has 2 rings (SSSR count). The Bertz CT molecular complexity index is 520. The van der Waals surface area contributed by atoms with Crippen LogP contribution >= 0.6 is 11.6 Å². The fourth-order valence-electron chi connectivity index (χ4n) is 2.57. The van der Waals surface area contributed by atoms with E-state index in [0.717, 1.165) is 5.56 Å². The Morgan fingerprint density at radius 3 is 2.90 bits per heavy atom. The smallest absolute Gasteiger partial charge is 0.309 e. The number of amides is 1. The number of nitrogens with zero attached hydrogens (tertiary/aromatic N) is 1. The molecule has 0 aromatic heterocycles. The normalized spacial score (nSPS) is 22.3. The zero-order valence-corrected chi connectivity index (χ0v) is 11.8. The summed E-state index contributed by atoms with van der Waals surface area (Å²) in [6, 6.07) is 6.49. The van der Waals surface area contributed by atoms with Gasteiger partial charge in [-0.3, -0.25) is 9.59 Å². The van der Waals surface area contributed by atoms with Crippen LogP contribution < -0.4 is 0 Å². The number of carboxylic acids is 1. The molecule has 0 spiro atoms. The second kappa shape index (κ2) is 6.24. The van der Waals surface area contributed by atoms with E-state index in [9.17, 15) is 14.7 Å². The average molecular weight is 298 g/mol. The van der Waals surface area contributed by atoms with Crippen molar-refractivity contribution in [3.63, 3.8) is 0 Å². The number of hydrogen-bond donors (Lipinski definition) is 1. The maximum absolute atomic E-state index is 12.0. The van der Waals surface area contributed by atoms with Gasteiger partial charge in [-0.2, -0.15) is 0 Å². The first-order valence-electron chi connectivity index (χ1n) is 6.31. The van der Waals surface area contributed by atoms with Gasteiger partial charge in [0.25, 0.3) is 0 Å². The number of likely N-dealkylation sites (tertiary alicyclic amines) is 1. The highest BCUT2D eigenvalue weighted by Crippen LogP contribution is 2.38. The van der Waals surface area contributed by atoms with Crippen molar-refractivity contribution in [1.82, 2.24) is 4.90 Å². The Kier molecular flexibility index (Phi) is 4.62. The lowest BCUT2D eigenvalue weighted by molar-refractivity contribution is -0.142. The summed E-state index contributed by atoms with van der Waals surface area (Å²) < 4.78 is 4.99. The van der Waals surface area contributed by atoms with Gasteiger partial charge in [0.2, 0.25) is 5.91 Å². The highest BCUT2D eigenvalue weighted by atomic mass is 35.5. The largest absolute Gasteiger partial charge is 0.481 e. The summed E-state index contributed by atoms with van der Waals surface area (Å²) in [6.45, 7) is 0.742. The molecule has 2 atom stereocenters. The maximum Gasteiger partial charge on any atom is 0.309 e. The molecule has 20 heavy (non-hydrogen) atoms. The fourth-order valence-corrected chi connectivity index (χ4v) is 2.77. The molecule has 1 fully saturated rings. The van der Waals surface area contributed by atoms with Crippen molar-refractivity contribution in [2.24, 2.45) is 5.92 Å². The molecule has 108 valence electrons. The lowest BCUT2D eigenvalue weighted by Gasteiger charge is -2.27. The highest BCUT2D eigenvalue weighted by Gasteiger charge is 2.44. The van der Waals surface area contributed by atoms with E-state index in [-0.39, 0.29) is 12.3 Å². The first kappa shape index (κ1) is 14.8. The Morgan fingerprint density at radius 1 is 1.55 bits per heavy atom. The van der Waals surface area contributed by atoms with E-state index in [1.807, 2.05) is 0 Å². The highest BCUT2D eigenvalue weighted by molar-refractivity contribution is 6.30. The second-order valence-corrected chi connectivity index (χ2v) is 5.17. The molecule has 1 heterocycles. The maximum atomic E-state index is 12.0. The molecule has 1 saturated heterocycles. The van der Waals surface area contributed by atoms with Crippen LogP contribution in [0.2, 0.25) is 5.02 Å². The molecule has 1 aromatic carbocycles. The molecule has 6 heteroatoms. The number of hydrogen-bond acceptors (Lipinski definition) is 3.